The topological polar surface area (TPSA) is 76.2 Å². The Morgan fingerprint density at radius 1 is 1.32 bits per heavy atom. The van der Waals surface area contributed by atoms with Gasteiger partial charge in [-0.1, -0.05) is 23.7 Å². The van der Waals surface area contributed by atoms with Crippen molar-refractivity contribution in [1.82, 2.24) is 0 Å². The number of benzene rings is 2. The quantitative estimate of drug-likeness (QED) is 0.614. The standard InChI is InChI=1S/C16H13ClN2O3/c1-22-16-7-4-14(17)9-12(16)8-13(10-18)11-2-5-15(6-3-11)19(20)21/h2-7,9,13H,8H2,1H3. The highest BCUT2D eigenvalue weighted by atomic mass is 35.5. The minimum atomic E-state index is -0.467. The summed E-state index contributed by atoms with van der Waals surface area (Å²) in [6.07, 6.45) is 0.415. The normalized spacial score (nSPS) is 11.5. The molecule has 1 atom stereocenters. The summed E-state index contributed by atoms with van der Waals surface area (Å²) in [5.41, 5.74) is 1.54. The van der Waals surface area contributed by atoms with Crippen molar-refractivity contribution in [3.63, 3.8) is 0 Å². The average molecular weight is 317 g/mol. The van der Waals surface area contributed by atoms with Crippen LogP contribution in [0.3, 0.4) is 0 Å². The van der Waals surface area contributed by atoms with Crippen LogP contribution in [0, 0.1) is 21.4 Å². The van der Waals surface area contributed by atoms with E-state index in [-0.39, 0.29) is 5.69 Å². The van der Waals surface area contributed by atoms with E-state index in [1.54, 1.807) is 37.4 Å². The molecule has 5 nitrogen and oxygen atoms in total. The molecule has 22 heavy (non-hydrogen) atoms. The van der Waals surface area contributed by atoms with Gasteiger partial charge in [0.05, 0.1) is 24.0 Å². The van der Waals surface area contributed by atoms with Gasteiger partial charge in [-0.2, -0.15) is 5.26 Å². The summed E-state index contributed by atoms with van der Waals surface area (Å²) in [7, 11) is 1.56. The molecule has 0 saturated carbocycles. The van der Waals surface area contributed by atoms with Crippen LogP contribution in [-0.4, -0.2) is 12.0 Å². The Labute approximate surface area is 132 Å². The number of methoxy groups -OCH3 is 1. The van der Waals surface area contributed by atoms with Crippen LogP contribution in [0.25, 0.3) is 0 Å². The van der Waals surface area contributed by atoms with Crippen LogP contribution in [0.5, 0.6) is 5.75 Å². The molecule has 0 bridgehead atoms. The Morgan fingerprint density at radius 3 is 2.55 bits per heavy atom. The molecular weight excluding hydrogens is 304 g/mol. The molecule has 0 spiro atoms. The molecule has 112 valence electrons. The Hall–Kier alpha value is -2.58. The lowest BCUT2D eigenvalue weighted by molar-refractivity contribution is -0.384. The van der Waals surface area contributed by atoms with Gasteiger partial charge in [-0.15, -0.1) is 0 Å². The van der Waals surface area contributed by atoms with Gasteiger partial charge >= 0.3 is 0 Å². The van der Waals surface area contributed by atoms with Gasteiger partial charge in [0, 0.05) is 17.2 Å². The van der Waals surface area contributed by atoms with Gasteiger partial charge in [-0.3, -0.25) is 10.1 Å². The van der Waals surface area contributed by atoms with Crippen molar-refractivity contribution < 1.29 is 9.66 Å². The van der Waals surface area contributed by atoms with Crippen LogP contribution < -0.4 is 4.74 Å². The summed E-state index contributed by atoms with van der Waals surface area (Å²) in [4.78, 5) is 10.2. The molecular formula is C16H13ClN2O3. The summed E-state index contributed by atoms with van der Waals surface area (Å²) in [5, 5.41) is 20.6. The Balaban J connectivity index is 2.28. The molecule has 0 N–H and O–H groups in total. The van der Waals surface area contributed by atoms with E-state index in [1.165, 1.54) is 12.1 Å². The zero-order chi connectivity index (χ0) is 16.1. The van der Waals surface area contributed by atoms with Crippen LogP contribution in [0.2, 0.25) is 5.02 Å². The summed E-state index contributed by atoms with van der Waals surface area (Å²) >= 11 is 5.99. The minimum Gasteiger partial charge on any atom is -0.496 e. The second kappa shape index (κ2) is 6.92. The Kier molecular flexibility index (Phi) is 4.97. The fourth-order valence-electron chi connectivity index (χ4n) is 2.19. The number of nitrogens with zero attached hydrogens (tertiary/aromatic N) is 2. The maximum Gasteiger partial charge on any atom is 0.269 e. The van der Waals surface area contributed by atoms with Crippen LogP contribution in [0.15, 0.2) is 42.5 Å². The first-order chi connectivity index (χ1) is 10.5. The predicted molar refractivity (Wildman–Crippen MR) is 83.2 cm³/mol. The highest BCUT2D eigenvalue weighted by Gasteiger charge is 2.16. The molecule has 2 rings (SSSR count). The minimum absolute atomic E-state index is 0.000718. The van der Waals surface area contributed by atoms with E-state index < -0.39 is 10.8 Å². The first-order valence-corrected chi connectivity index (χ1v) is 6.89. The lowest BCUT2D eigenvalue weighted by Gasteiger charge is -2.13. The second-order valence-electron chi connectivity index (χ2n) is 4.69. The number of ether oxygens (including phenoxy) is 1. The molecule has 0 heterocycles. The fourth-order valence-corrected chi connectivity index (χ4v) is 2.39. The van der Waals surface area contributed by atoms with Crippen molar-refractivity contribution >= 4 is 17.3 Å². The molecule has 0 amide bonds. The number of hydrogen-bond acceptors (Lipinski definition) is 4. The molecule has 0 radical (unpaired) electrons. The Bertz CT molecular complexity index is 723. The van der Waals surface area contributed by atoms with Gasteiger partial charge in [0.1, 0.15) is 5.75 Å². The zero-order valence-electron chi connectivity index (χ0n) is 11.8. The van der Waals surface area contributed by atoms with Crippen LogP contribution in [-0.2, 0) is 6.42 Å². The predicted octanol–water partition coefficient (Wildman–Crippen LogP) is 4.11. The van der Waals surface area contributed by atoms with Gasteiger partial charge in [0.15, 0.2) is 0 Å². The number of nitro benzene ring substituents is 1. The molecule has 0 aliphatic carbocycles. The number of rotatable bonds is 5. The first kappa shape index (κ1) is 15.8. The summed E-state index contributed by atoms with van der Waals surface area (Å²) < 4.78 is 5.27. The number of non-ortho nitro benzene ring substituents is 1. The van der Waals surface area contributed by atoms with E-state index in [0.29, 0.717) is 17.2 Å². The molecule has 0 aromatic heterocycles. The summed E-state index contributed by atoms with van der Waals surface area (Å²) in [5.74, 6) is 0.222. The maximum atomic E-state index is 10.7. The highest BCUT2D eigenvalue weighted by molar-refractivity contribution is 6.30. The smallest absolute Gasteiger partial charge is 0.269 e. The molecule has 2 aromatic carbocycles. The van der Waals surface area contributed by atoms with E-state index in [1.807, 2.05) is 0 Å². The van der Waals surface area contributed by atoms with E-state index in [4.69, 9.17) is 16.3 Å². The van der Waals surface area contributed by atoms with Crippen molar-refractivity contribution in [2.75, 3.05) is 7.11 Å². The molecule has 1 unspecified atom stereocenters. The highest BCUT2D eigenvalue weighted by Crippen LogP contribution is 2.29. The number of hydrogen-bond donors (Lipinski definition) is 0. The van der Waals surface area contributed by atoms with Gasteiger partial charge in [-0.05, 0) is 35.7 Å². The van der Waals surface area contributed by atoms with Crippen molar-refractivity contribution in [3.8, 4) is 11.8 Å². The van der Waals surface area contributed by atoms with E-state index >= 15 is 0 Å². The van der Waals surface area contributed by atoms with Crippen molar-refractivity contribution in [2.45, 2.75) is 12.3 Å². The second-order valence-corrected chi connectivity index (χ2v) is 5.13. The number of nitro groups is 1. The van der Waals surface area contributed by atoms with Crippen LogP contribution >= 0.6 is 11.6 Å². The zero-order valence-corrected chi connectivity index (χ0v) is 12.6. The van der Waals surface area contributed by atoms with Gasteiger partial charge < -0.3 is 4.74 Å². The summed E-state index contributed by atoms with van der Waals surface area (Å²) in [6.45, 7) is 0. The fraction of sp³-hybridized carbons (Fsp3) is 0.188. The van der Waals surface area contributed by atoms with Crippen LogP contribution in [0.1, 0.15) is 17.0 Å². The SMILES string of the molecule is COc1ccc(Cl)cc1CC(C#N)c1ccc([N+](=O)[O-])cc1. The Morgan fingerprint density at radius 2 is 2.00 bits per heavy atom. The largest absolute Gasteiger partial charge is 0.496 e. The third-order valence-corrected chi connectivity index (χ3v) is 3.56. The van der Waals surface area contributed by atoms with Gasteiger partial charge in [-0.25, -0.2) is 0 Å². The third kappa shape index (κ3) is 3.54. The maximum absolute atomic E-state index is 10.7. The van der Waals surface area contributed by atoms with Gasteiger partial charge in [0.2, 0.25) is 0 Å². The molecule has 0 aliphatic rings. The lowest BCUT2D eigenvalue weighted by Crippen LogP contribution is -2.02. The van der Waals surface area contributed by atoms with Crippen molar-refractivity contribution in [2.24, 2.45) is 0 Å². The van der Waals surface area contributed by atoms with Crippen molar-refractivity contribution in [1.29, 1.82) is 5.26 Å². The van der Waals surface area contributed by atoms with Crippen molar-refractivity contribution in [3.05, 3.63) is 68.7 Å². The number of nitriles is 1. The van der Waals surface area contributed by atoms with E-state index in [2.05, 4.69) is 6.07 Å². The monoisotopic (exact) mass is 316 g/mol. The van der Waals surface area contributed by atoms with Gasteiger partial charge in [0.25, 0.3) is 5.69 Å². The summed E-state index contributed by atoms with van der Waals surface area (Å²) in [6, 6.07) is 13.4. The van der Waals surface area contributed by atoms with Crippen LogP contribution in [0.4, 0.5) is 5.69 Å². The molecule has 6 heteroatoms. The molecule has 0 aliphatic heterocycles. The van der Waals surface area contributed by atoms with E-state index in [9.17, 15) is 15.4 Å². The molecule has 0 saturated heterocycles. The lowest BCUT2D eigenvalue weighted by atomic mass is 9.92. The third-order valence-electron chi connectivity index (χ3n) is 3.33. The average Bonchev–Trinajstić information content (AvgIpc) is 2.53. The first-order valence-electron chi connectivity index (χ1n) is 6.51. The van der Waals surface area contributed by atoms with E-state index in [0.717, 1.165) is 11.1 Å². The molecule has 2 aromatic rings. The number of halogens is 1. The molecule has 0 fully saturated rings.